The number of rotatable bonds is 6. The lowest BCUT2D eigenvalue weighted by atomic mass is 10.2. The van der Waals surface area contributed by atoms with E-state index in [0.29, 0.717) is 16.8 Å². The highest BCUT2D eigenvalue weighted by Gasteiger charge is 2.11. The molecule has 0 unspecified atom stereocenters. The van der Waals surface area contributed by atoms with E-state index >= 15 is 0 Å². The second-order valence-electron chi connectivity index (χ2n) is 6.03. The summed E-state index contributed by atoms with van der Waals surface area (Å²) in [6, 6.07) is 10.5. The molecule has 0 atom stereocenters. The van der Waals surface area contributed by atoms with Gasteiger partial charge in [-0.15, -0.1) is 0 Å². The molecule has 0 radical (unpaired) electrons. The minimum absolute atomic E-state index is 0.0256. The van der Waals surface area contributed by atoms with Crippen LogP contribution in [-0.2, 0) is 11.3 Å². The van der Waals surface area contributed by atoms with Crippen molar-refractivity contribution in [1.29, 1.82) is 0 Å². The van der Waals surface area contributed by atoms with Crippen molar-refractivity contribution in [3.05, 3.63) is 58.1 Å². The summed E-state index contributed by atoms with van der Waals surface area (Å²) in [4.78, 5) is 23.0. The Labute approximate surface area is 144 Å². The van der Waals surface area contributed by atoms with E-state index in [4.69, 9.17) is 9.15 Å². The highest BCUT2D eigenvalue weighted by atomic mass is 16.5. The minimum Gasteiger partial charge on any atom is -0.504 e. The maximum Gasteiger partial charge on any atom is 0.420 e. The summed E-state index contributed by atoms with van der Waals surface area (Å²) in [5.74, 6) is -0.136. The number of ketones is 1. The van der Waals surface area contributed by atoms with Gasteiger partial charge in [-0.25, -0.2) is 4.79 Å². The summed E-state index contributed by atoms with van der Waals surface area (Å²) >= 11 is 0. The first-order chi connectivity index (χ1) is 11.9. The van der Waals surface area contributed by atoms with Gasteiger partial charge in [0.25, 0.3) is 0 Å². The number of hydrogen-bond donors (Lipinski definition) is 1. The van der Waals surface area contributed by atoms with Crippen LogP contribution in [-0.4, -0.2) is 22.1 Å². The third-order valence-corrected chi connectivity index (χ3v) is 3.90. The minimum atomic E-state index is -0.443. The largest absolute Gasteiger partial charge is 0.504 e. The van der Waals surface area contributed by atoms with Gasteiger partial charge >= 0.3 is 5.76 Å². The Bertz CT molecular complexity index is 983. The number of phenolic OH excluding ortho intramolecular Hbond substituents is 1. The van der Waals surface area contributed by atoms with E-state index in [1.165, 1.54) is 11.5 Å². The van der Waals surface area contributed by atoms with Crippen molar-refractivity contribution in [3.63, 3.8) is 0 Å². The molecule has 0 aliphatic rings. The number of carbonyl (C=O) groups excluding carboxylic acids is 1. The number of fused-ring (bicyclic) bond motifs is 1. The van der Waals surface area contributed by atoms with Crippen molar-refractivity contribution in [2.24, 2.45) is 0 Å². The molecule has 6 nitrogen and oxygen atoms in total. The summed E-state index contributed by atoms with van der Waals surface area (Å²) in [6.07, 6.45) is 0.289. The Morgan fingerprint density at radius 2 is 2.04 bits per heavy atom. The SMILES string of the molecule is CC(=O)CCOc1ccc(Cn2c(=O)oc3ccc(C)cc32)cc1O. The molecule has 0 saturated carbocycles. The highest BCUT2D eigenvalue weighted by molar-refractivity contribution is 5.75. The molecule has 1 aromatic heterocycles. The van der Waals surface area contributed by atoms with E-state index in [2.05, 4.69) is 0 Å². The second-order valence-corrected chi connectivity index (χ2v) is 6.03. The third-order valence-electron chi connectivity index (χ3n) is 3.90. The molecule has 2 aromatic carbocycles. The van der Waals surface area contributed by atoms with Gasteiger partial charge in [0.15, 0.2) is 17.1 Å². The van der Waals surface area contributed by atoms with Crippen molar-refractivity contribution in [2.75, 3.05) is 6.61 Å². The molecule has 1 N–H and O–H groups in total. The van der Waals surface area contributed by atoms with Gasteiger partial charge in [0, 0.05) is 6.42 Å². The number of phenols is 1. The zero-order chi connectivity index (χ0) is 18.0. The normalized spacial score (nSPS) is 11.0. The molecule has 1 heterocycles. The maximum absolute atomic E-state index is 12.1. The van der Waals surface area contributed by atoms with Crippen LogP contribution in [0.2, 0.25) is 0 Å². The van der Waals surface area contributed by atoms with Crippen LogP contribution in [0.5, 0.6) is 11.5 Å². The van der Waals surface area contributed by atoms with Crippen LogP contribution in [0.4, 0.5) is 0 Å². The van der Waals surface area contributed by atoms with Gasteiger partial charge in [-0.3, -0.25) is 9.36 Å². The zero-order valence-electron chi connectivity index (χ0n) is 14.1. The number of oxazole rings is 1. The van der Waals surface area contributed by atoms with Crippen LogP contribution >= 0.6 is 0 Å². The van der Waals surface area contributed by atoms with Crippen molar-refractivity contribution in [2.45, 2.75) is 26.8 Å². The van der Waals surface area contributed by atoms with Crippen molar-refractivity contribution in [1.82, 2.24) is 4.57 Å². The van der Waals surface area contributed by atoms with Gasteiger partial charge < -0.3 is 14.3 Å². The van der Waals surface area contributed by atoms with Gasteiger partial charge in [0.1, 0.15) is 5.78 Å². The fourth-order valence-electron chi connectivity index (χ4n) is 2.59. The number of aromatic hydroxyl groups is 1. The lowest BCUT2D eigenvalue weighted by Gasteiger charge is -2.09. The Hall–Kier alpha value is -3.02. The van der Waals surface area contributed by atoms with E-state index in [1.54, 1.807) is 24.3 Å². The molecule has 25 heavy (non-hydrogen) atoms. The summed E-state index contributed by atoms with van der Waals surface area (Å²) < 4.78 is 12.2. The Balaban J connectivity index is 1.83. The van der Waals surface area contributed by atoms with Crippen LogP contribution in [0.1, 0.15) is 24.5 Å². The third kappa shape index (κ3) is 3.74. The van der Waals surface area contributed by atoms with E-state index in [9.17, 15) is 14.7 Å². The molecular weight excluding hydrogens is 322 g/mol. The summed E-state index contributed by atoms with van der Waals surface area (Å²) in [7, 11) is 0. The number of carbonyl (C=O) groups is 1. The molecular formula is C19H19NO5. The van der Waals surface area contributed by atoms with Crippen LogP contribution in [0.3, 0.4) is 0 Å². The summed E-state index contributed by atoms with van der Waals surface area (Å²) in [5, 5.41) is 10.1. The van der Waals surface area contributed by atoms with Crippen LogP contribution in [0, 0.1) is 6.92 Å². The van der Waals surface area contributed by atoms with Crippen LogP contribution in [0.25, 0.3) is 11.1 Å². The number of Topliss-reactive ketones (excluding diaryl/α,β-unsaturated/α-hetero) is 1. The van der Waals surface area contributed by atoms with Gasteiger partial charge in [-0.1, -0.05) is 12.1 Å². The molecule has 6 heteroatoms. The summed E-state index contributed by atoms with van der Waals surface area (Å²) in [5.41, 5.74) is 3.01. The average Bonchev–Trinajstić information content (AvgIpc) is 2.85. The van der Waals surface area contributed by atoms with E-state index in [-0.39, 0.29) is 31.1 Å². The standard InChI is InChI=1S/C19H19NO5/c1-12-3-5-17-15(9-12)20(19(23)25-17)11-14-4-6-18(16(22)10-14)24-8-7-13(2)21/h3-6,9-10,22H,7-8,11H2,1-2H3. The first kappa shape index (κ1) is 16.8. The lowest BCUT2D eigenvalue weighted by molar-refractivity contribution is -0.117. The quantitative estimate of drug-likeness (QED) is 0.745. The van der Waals surface area contributed by atoms with Gasteiger partial charge in [-0.2, -0.15) is 0 Å². The number of hydrogen-bond acceptors (Lipinski definition) is 5. The first-order valence-electron chi connectivity index (χ1n) is 7.98. The highest BCUT2D eigenvalue weighted by Crippen LogP contribution is 2.27. The topological polar surface area (TPSA) is 81.7 Å². The maximum atomic E-state index is 12.1. The molecule has 130 valence electrons. The average molecular weight is 341 g/mol. The van der Waals surface area contributed by atoms with Crippen molar-refractivity contribution in [3.8, 4) is 11.5 Å². The van der Waals surface area contributed by atoms with E-state index in [0.717, 1.165) is 11.1 Å². The molecule has 3 rings (SSSR count). The van der Waals surface area contributed by atoms with Crippen LogP contribution < -0.4 is 10.5 Å². The molecule has 0 spiro atoms. The number of benzene rings is 2. The number of nitrogens with zero attached hydrogens (tertiary/aromatic N) is 1. The number of aromatic nitrogens is 1. The molecule has 0 saturated heterocycles. The van der Waals surface area contributed by atoms with Crippen molar-refractivity contribution < 1.29 is 19.1 Å². The number of ether oxygens (including phenoxy) is 1. The Morgan fingerprint density at radius 3 is 2.76 bits per heavy atom. The van der Waals surface area contributed by atoms with Gasteiger partial charge in [-0.05, 0) is 49.2 Å². The molecule has 0 bridgehead atoms. The van der Waals surface area contributed by atoms with E-state index < -0.39 is 5.76 Å². The molecule has 0 aliphatic carbocycles. The van der Waals surface area contributed by atoms with E-state index in [1.807, 2.05) is 19.1 Å². The number of aryl methyl sites for hydroxylation is 1. The fourth-order valence-corrected chi connectivity index (χ4v) is 2.59. The Kier molecular flexibility index (Phi) is 4.61. The molecule has 3 aromatic rings. The zero-order valence-corrected chi connectivity index (χ0v) is 14.1. The molecule has 0 amide bonds. The molecule has 0 aliphatic heterocycles. The smallest absolute Gasteiger partial charge is 0.420 e. The predicted molar refractivity (Wildman–Crippen MR) is 93.2 cm³/mol. The first-order valence-corrected chi connectivity index (χ1v) is 7.98. The monoisotopic (exact) mass is 341 g/mol. The summed E-state index contributed by atoms with van der Waals surface area (Å²) in [6.45, 7) is 3.92. The lowest BCUT2D eigenvalue weighted by Crippen LogP contribution is -2.14. The predicted octanol–water partition coefficient (Wildman–Crippen LogP) is 3.01. The second kappa shape index (κ2) is 6.84. The Morgan fingerprint density at radius 1 is 1.24 bits per heavy atom. The fraction of sp³-hybridized carbons (Fsp3) is 0.263. The molecule has 0 fully saturated rings. The van der Waals surface area contributed by atoms with Crippen LogP contribution in [0.15, 0.2) is 45.6 Å². The van der Waals surface area contributed by atoms with Gasteiger partial charge in [0.2, 0.25) is 0 Å². The van der Waals surface area contributed by atoms with Gasteiger partial charge in [0.05, 0.1) is 18.7 Å². The van der Waals surface area contributed by atoms with Crippen molar-refractivity contribution >= 4 is 16.9 Å².